The number of nitrogens with one attached hydrogen (secondary N) is 1. The van der Waals surface area contributed by atoms with Gasteiger partial charge in [-0.3, -0.25) is 19.9 Å². The Morgan fingerprint density at radius 2 is 1.84 bits per heavy atom. The minimum Gasteiger partial charge on any atom is -0.343 e. The van der Waals surface area contributed by atoms with Crippen molar-refractivity contribution in [3.63, 3.8) is 0 Å². The molecule has 3 fully saturated rings. The lowest BCUT2D eigenvalue weighted by Crippen LogP contribution is -2.66. The molecule has 0 spiro atoms. The second-order valence-electron chi connectivity index (χ2n) is 8.89. The summed E-state index contributed by atoms with van der Waals surface area (Å²) in [5, 5.41) is 3.52. The third kappa shape index (κ3) is 3.25. The predicted octanol–water partition coefficient (Wildman–Crippen LogP) is 2.63. The monoisotopic (exact) mass is 437 g/mol. The van der Waals surface area contributed by atoms with E-state index in [2.05, 4.69) is 47.2 Å². The number of amides is 3. The van der Waals surface area contributed by atoms with Gasteiger partial charge in [0.25, 0.3) is 5.91 Å². The number of aryl methyl sites for hydroxylation is 2. The van der Waals surface area contributed by atoms with Crippen molar-refractivity contribution in [2.45, 2.75) is 45.3 Å². The zero-order valence-corrected chi connectivity index (χ0v) is 18.6. The Morgan fingerprint density at radius 3 is 2.59 bits per heavy atom. The molecule has 0 aromatic heterocycles. The average Bonchev–Trinajstić information content (AvgIpc) is 3.18. The van der Waals surface area contributed by atoms with Crippen LogP contribution in [0.25, 0.3) is 0 Å². The molecule has 0 aliphatic carbocycles. The van der Waals surface area contributed by atoms with Crippen molar-refractivity contribution in [2.24, 2.45) is 0 Å². The van der Waals surface area contributed by atoms with E-state index in [4.69, 9.17) is 0 Å². The van der Waals surface area contributed by atoms with Gasteiger partial charge >= 0.3 is 6.03 Å². The van der Waals surface area contributed by atoms with E-state index >= 15 is 0 Å². The maximum Gasteiger partial charge on any atom is 0.328 e. The first-order valence-corrected chi connectivity index (χ1v) is 11.0. The number of fused-ring (bicyclic) bond motifs is 3. The van der Waals surface area contributed by atoms with Crippen molar-refractivity contribution < 1.29 is 14.0 Å². The largest absolute Gasteiger partial charge is 0.343 e. The van der Waals surface area contributed by atoms with Crippen molar-refractivity contribution >= 4 is 17.6 Å². The molecule has 7 nitrogen and oxygen atoms in total. The predicted molar refractivity (Wildman–Crippen MR) is 119 cm³/mol. The van der Waals surface area contributed by atoms with Gasteiger partial charge in [-0.05, 0) is 49.6 Å². The van der Waals surface area contributed by atoms with Crippen LogP contribution in [0.15, 0.2) is 42.5 Å². The molecule has 3 aliphatic heterocycles. The van der Waals surface area contributed by atoms with Gasteiger partial charge in [-0.1, -0.05) is 24.3 Å². The van der Waals surface area contributed by atoms with Crippen molar-refractivity contribution in [3.8, 4) is 0 Å². The molecule has 0 radical (unpaired) electrons. The van der Waals surface area contributed by atoms with Crippen LogP contribution >= 0.6 is 0 Å². The Balaban J connectivity index is 1.45. The highest BCUT2D eigenvalue weighted by Crippen LogP contribution is 2.34. The number of carbonyl (C=O) groups excluding carboxylic acids is 2. The van der Waals surface area contributed by atoms with Crippen molar-refractivity contribution in [1.29, 1.82) is 0 Å². The van der Waals surface area contributed by atoms with Crippen molar-refractivity contribution in [3.05, 3.63) is 65.0 Å². The summed E-state index contributed by atoms with van der Waals surface area (Å²) in [5.41, 5.74) is 3.88. The van der Waals surface area contributed by atoms with Gasteiger partial charge in [0.15, 0.2) is 0 Å². The number of carbonyl (C=O) groups is 2. The average molecular weight is 438 g/mol. The Hall–Kier alpha value is -2.97. The minimum absolute atomic E-state index is 0.0721. The van der Waals surface area contributed by atoms with Crippen LogP contribution in [0.4, 0.5) is 14.9 Å². The van der Waals surface area contributed by atoms with Crippen LogP contribution in [0.3, 0.4) is 0 Å². The standard InChI is InChI=1S/C24H28FN5O2/c1-15-9-10-18(13-16(15)2)28-11-6-12-29-20-21(26-23(28)29)27(3)24(32)30(22(20)31)14-17-7-4-5-8-19(17)25/h4-5,7-10,13,20-21,23,26H,6,11-12,14H2,1-3H3. The normalized spacial score (nSPS) is 25.9. The molecule has 3 heterocycles. The number of benzene rings is 2. The molecule has 2 aromatic rings. The summed E-state index contributed by atoms with van der Waals surface area (Å²) in [6, 6.07) is 11.7. The van der Waals surface area contributed by atoms with Crippen LogP contribution in [0, 0.1) is 19.7 Å². The van der Waals surface area contributed by atoms with Crippen LogP contribution < -0.4 is 10.2 Å². The van der Waals surface area contributed by atoms with Crippen molar-refractivity contribution in [1.82, 2.24) is 20.0 Å². The lowest BCUT2D eigenvalue weighted by molar-refractivity contribution is -0.139. The number of urea groups is 1. The zero-order chi connectivity index (χ0) is 22.6. The molecule has 32 heavy (non-hydrogen) atoms. The molecule has 3 atom stereocenters. The SMILES string of the molecule is Cc1ccc(N2CCCN3C4C(=O)N(Cc5ccccc5F)C(=O)N(C)C4NC23)cc1C. The number of hydrogen-bond donors (Lipinski definition) is 1. The fourth-order valence-electron chi connectivity index (χ4n) is 5.03. The first kappa shape index (κ1) is 20.9. The van der Waals surface area contributed by atoms with Gasteiger partial charge in [-0.2, -0.15) is 0 Å². The summed E-state index contributed by atoms with van der Waals surface area (Å²) in [7, 11) is 1.70. The number of anilines is 1. The Kier molecular flexibility index (Phi) is 5.14. The second kappa shape index (κ2) is 7.86. The Morgan fingerprint density at radius 1 is 1.06 bits per heavy atom. The van der Waals surface area contributed by atoms with Gasteiger partial charge in [0, 0.05) is 31.4 Å². The number of imide groups is 1. The quantitative estimate of drug-likeness (QED) is 0.800. The van der Waals surface area contributed by atoms with E-state index in [1.165, 1.54) is 22.1 Å². The molecule has 0 saturated carbocycles. The molecule has 3 amide bonds. The van der Waals surface area contributed by atoms with Gasteiger partial charge < -0.3 is 9.80 Å². The number of halogens is 1. The Labute approximate surface area is 187 Å². The second-order valence-corrected chi connectivity index (χ2v) is 8.89. The molecular formula is C24H28FN5O2. The fourth-order valence-corrected chi connectivity index (χ4v) is 5.03. The highest BCUT2D eigenvalue weighted by molar-refractivity contribution is 6.00. The highest BCUT2D eigenvalue weighted by Gasteiger charge is 2.56. The smallest absolute Gasteiger partial charge is 0.328 e. The van der Waals surface area contributed by atoms with Crippen LogP contribution in [0.5, 0.6) is 0 Å². The van der Waals surface area contributed by atoms with Gasteiger partial charge in [-0.15, -0.1) is 0 Å². The molecule has 5 rings (SSSR count). The van der Waals surface area contributed by atoms with Crippen LogP contribution in [-0.4, -0.2) is 65.3 Å². The summed E-state index contributed by atoms with van der Waals surface area (Å²) in [6.07, 6.45) is 0.296. The summed E-state index contributed by atoms with van der Waals surface area (Å²) in [6.45, 7) is 5.73. The topological polar surface area (TPSA) is 59.1 Å². The maximum absolute atomic E-state index is 14.2. The number of rotatable bonds is 3. The zero-order valence-electron chi connectivity index (χ0n) is 18.6. The molecular weight excluding hydrogens is 409 g/mol. The van der Waals surface area contributed by atoms with E-state index in [1.807, 2.05) is 0 Å². The van der Waals surface area contributed by atoms with Gasteiger partial charge in [0.05, 0.1) is 6.54 Å². The van der Waals surface area contributed by atoms with E-state index in [-0.39, 0.29) is 18.7 Å². The van der Waals surface area contributed by atoms with Crippen molar-refractivity contribution in [2.75, 3.05) is 25.0 Å². The fraction of sp³-hybridized carbons (Fsp3) is 0.417. The van der Waals surface area contributed by atoms with Crippen LogP contribution in [0.2, 0.25) is 0 Å². The number of nitrogens with zero attached hydrogens (tertiary/aromatic N) is 4. The molecule has 3 saturated heterocycles. The molecule has 168 valence electrons. The van der Waals surface area contributed by atoms with E-state index < -0.39 is 24.1 Å². The van der Waals surface area contributed by atoms with Gasteiger partial charge in [0.2, 0.25) is 0 Å². The third-order valence-corrected chi connectivity index (χ3v) is 6.98. The molecule has 1 N–H and O–H groups in total. The number of likely N-dealkylation sites (N-methyl/N-ethyl adjacent to an activating group) is 1. The summed E-state index contributed by atoms with van der Waals surface area (Å²) < 4.78 is 14.2. The van der Waals surface area contributed by atoms with Gasteiger partial charge in [-0.25, -0.2) is 9.18 Å². The summed E-state index contributed by atoms with van der Waals surface area (Å²) in [5.74, 6) is -0.697. The highest BCUT2D eigenvalue weighted by atomic mass is 19.1. The van der Waals surface area contributed by atoms with E-state index in [1.54, 1.807) is 30.1 Å². The van der Waals surface area contributed by atoms with Crippen LogP contribution in [0.1, 0.15) is 23.1 Å². The molecule has 2 aromatic carbocycles. The van der Waals surface area contributed by atoms with E-state index in [0.717, 1.165) is 25.2 Å². The molecule has 3 unspecified atom stereocenters. The summed E-state index contributed by atoms with van der Waals surface area (Å²) >= 11 is 0. The summed E-state index contributed by atoms with van der Waals surface area (Å²) in [4.78, 5) is 33.8. The Bertz CT molecular complexity index is 1080. The lowest BCUT2D eigenvalue weighted by Gasteiger charge is -2.44. The third-order valence-electron chi connectivity index (χ3n) is 6.98. The molecule has 0 bridgehead atoms. The molecule has 8 heteroatoms. The van der Waals surface area contributed by atoms with Gasteiger partial charge in [0.1, 0.15) is 24.3 Å². The number of hydrogen-bond acceptors (Lipinski definition) is 5. The first-order valence-electron chi connectivity index (χ1n) is 11.0. The molecule has 3 aliphatic rings. The van der Waals surface area contributed by atoms with E-state index in [9.17, 15) is 14.0 Å². The van der Waals surface area contributed by atoms with E-state index in [0.29, 0.717) is 5.56 Å². The lowest BCUT2D eigenvalue weighted by atomic mass is 10.1. The van der Waals surface area contributed by atoms with Crippen LogP contribution in [-0.2, 0) is 11.3 Å². The minimum atomic E-state index is -0.510. The maximum atomic E-state index is 14.2. The first-order chi connectivity index (χ1) is 15.4.